The Morgan fingerprint density at radius 2 is 2.00 bits per heavy atom. The maximum absolute atomic E-state index is 5.82. The lowest BCUT2D eigenvalue weighted by atomic mass is 10.3. The van der Waals surface area contributed by atoms with E-state index in [-0.39, 0.29) is 0 Å². The Morgan fingerprint density at radius 3 is 2.89 bits per heavy atom. The number of anilines is 1. The SMILES string of the molecule is CCOc1ccnc(N2CCCN(CCCc3nc4ccccc4o3)CC2)n1. The van der Waals surface area contributed by atoms with Gasteiger partial charge in [-0.25, -0.2) is 9.97 Å². The van der Waals surface area contributed by atoms with E-state index in [9.17, 15) is 0 Å². The second-order valence-corrected chi connectivity index (χ2v) is 6.99. The molecule has 148 valence electrons. The number of hydrogen-bond donors (Lipinski definition) is 0. The van der Waals surface area contributed by atoms with Crippen LogP contribution in [-0.2, 0) is 6.42 Å². The molecule has 0 bridgehead atoms. The van der Waals surface area contributed by atoms with Crippen molar-refractivity contribution in [3.05, 3.63) is 42.4 Å². The van der Waals surface area contributed by atoms with Gasteiger partial charge in [0.15, 0.2) is 11.5 Å². The molecule has 1 aliphatic heterocycles. The molecule has 1 fully saturated rings. The van der Waals surface area contributed by atoms with Crippen LogP contribution in [0.1, 0.15) is 25.7 Å². The minimum atomic E-state index is 0.615. The van der Waals surface area contributed by atoms with Gasteiger partial charge in [0, 0.05) is 38.3 Å². The van der Waals surface area contributed by atoms with Crippen LogP contribution in [0.5, 0.6) is 5.88 Å². The standard InChI is InChI=1S/C21H27N5O2/c1-2-27-19-10-11-22-21(24-19)26-14-6-13-25(15-16-26)12-5-9-20-23-17-7-3-4-8-18(17)28-20/h3-4,7-8,10-11H,2,5-6,9,12-16H2,1H3. The van der Waals surface area contributed by atoms with Crippen molar-refractivity contribution in [1.29, 1.82) is 0 Å². The van der Waals surface area contributed by atoms with E-state index in [2.05, 4.69) is 24.8 Å². The van der Waals surface area contributed by atoms with Gasteiger partial charge >= 0.3 is 0 Å². The van der Waals surface area contributed by atoms with Crippen molar-refractivity contribution in [1.82, 2.24) is 19.9 Å². The first-order chi connectivity index (χ1) is 13.8. The molecule has 0 amide bonds. The van der Waals surface area contributed by atoms with Crippen LogP contribution in [0, 0.1) is 0 Å². The van der Waals surface area contributed by atoms with Crippen LogP contribution in [0.4, 0.5) is 5.95 Å². The van der Waals surface area contributed by atoms with Gasteiger partial charge < -0.3 is 19.0 Å². The van der Waals surface area contributed by atoms with Crippen LogP contribution in [-0.4, -0.2) is 59.2 Å². The molecule has 0 atom stereocenters. The highest BCUT2D eigenvalue weighted by molar-refractivity contribution is 5.72. The third kappa shape index (κ3) is 4.59. The van der Waals surface area contributed by atoms with Crippen LogP contribution in [0.15, 0.2) is 40.9 Å². The molecule has 3 heterocycles. The topological polar surface area (TPSA) is 67.5 Å². The van der Waals surface area contributed by atoms with Crippen molar-refractivity contribution >= 4 is 17.0 Å². The van der Waals surface area contributed by atoms with Gasteiger partial charge in [0.2, 0.25) is 11.8 Å². The summed E-state index contributed by atoms with van der Waals surface area (Å²) in [4.78, 5) is 18.3. The van der Waals surface area contributed by atoms with E-state index >= 15 is 0 Å². The average molecular weight is 381 g/mol. The molecule has 0 unspecified atom stereocenters. The normalized spacial score (nSPS) is 15.7. The average Bonchev–Trinajstić information content (AvgIpc) is 2.98. The molecule has 28 heavy (non-hydrogen) atoms. The van der Waals surface area contributed by atoms with E-state index in [1.807, 2.05) is 37.3 Å². The number of oxazole rings is 1. The van der Waals surface area contributed by atoms with Crippen molar-refractivity contribution in [2.75, 3.05) is 44.2 Å². The van der Waals surface area contributed by atoms with Crippen LogP contribution in [0.25, 0.3) is 11.1 Å². The first kappa shape index (κ1) is 18.7. The van der Waals surface area contributed by atoms with E-state index in [0.29, 0.717) is 12.5 Å². The number of hydrogen-bond acceptors (Lipinski definition) is 7. The Labute approximate surface area is 165 Å². The maximum atomic E-state index is 5.82. The van der Waals surface area contributed by atoms with Gasteiger partial charge in [-0.15, -0.1) is 0 Å². The van der Waals surface area contributed by atoms with E-state index in [4.69, 9.17) is 9.15 Å². The van der Waals surface area contributed by atoms with Crippen LogP contribution < -0.4 is 9.64 Å². The molecule has 2 aromatic heterocycles. The van der Waals surface area contributed by atoms with Crippen molar-refractivity contribution < 1.29 is 9.15 Å². The number of benzene rings is 1. The Kier molecular flexibility index (Phi) is 6.01. The summed E-state index contributed by atoms with van der Waals surface area (Å²) in [7, 11) is 0. The zero-order valence-electron chi connectivity index (χ0n) is 16.4. The minimum absolute atomic E-state index is 0.615. The lowest BCUT2D eigenvalue weighted by Gasteiger charge is -2.22. The first-order valence-electron chi connectivity index (χ1n) is 10.1. The largest absolute Gasteiger partial charge is 0.478 e. The summed E-state index contributed by atoms with van der Waals surface area (Å²) < 4.78 is 11.3. The first-order valence-corrected chi connectivity index (χ1v) is 10.1. The molecule has 1 aliphatic rings. The second kappa shape index (κ2) is 9.01. The van der Waals surface area contributed by atoms with Gasteiger partial charge in [-0.3, -0.25) is 0 Å². The molecule has 0 aliphatic carbocycles. The number of ether oxygens (including phenoxy) is 1. The summed E-state index contributed by atoms with van der Waals surface area (Å²) >= 11 is 0. The number of fused-ring (bicyclic) bond motifs is 1. The van der Waals surface area contributed by atoms with Gasteiger partial charge in [-0.1, -0.05) is 12.1 Å². The summed E-state index contributed by atoms with van der Waals surface area (Å²) in [5.41, 5.74) is 1.81. The Morgan fingerprint density at radius 1 is 1.07 bits per heavy atom. The molecule has 0 N–H and O–H groups in total. The number of aryl methyl sites for hydroxylation is 1. The summed E-state index contributed by atoms with van der Waals surface area (Å²) in [5.74, 6) is 2.24. The highest BCUT2D eigenvalue weighted by atomic mass is 16.5. The minimum Gasteiger partial charge on any atom is -0.478 e. The summed E-state index contributed by atoms with van der Waals surface area (Å²) in [6, 6.07) is 9.74. The van der Waals surface area contributed by atoms with Gasteiger partial charge in [-0.2, -0.15) is 4.98 Å². The highest BCUT2D eigenvalue weighted by Crippen LogP contribution is 2.17. The summed E-state index contributed by atoms with van der Waals surface area (Å²) in [6.07, 6.45) is 4.79. The van der Waals surface area contributed by atoms with E-state index in [0.717, 1.165) is 74.9 Å². The Hall–Kier alpha value is -2.67. The quantitative estimate of drug-likeness (QED) is 0.623. The second-order valence-electron chi connectivity index (χ2n) is 6.99. The number of nitrogens with zero attached hydrogens (tertiary/aromatic N) is 5. The zero-order chi connectivity index (χ0) is 19.2. The van der Waals surface area contributed by atoms with Crippen molar-refractivity contribution in [3.8, 4) is 5.88 Å². The third-order valence-electron chi connectivity index (χ3n) is 4.98. The van der Waals surface area contributed by atoms with E-state index in [1.165, 1.54) is 0 Å². The number of aromatic nitrogens is 3. The van der Waals surface area contributed by atoms with Crippen molar-refractivity contribution in [2.24, 2.45) is 0 Å². The Bertz CT molecular complexity index is 864. The fourth-order valence-electron chi connectivity index (χ4n) is 3.59. The predicted molar refractivity (Wildman–Crippen MR) is 109 cm³/mol. The molecule has 0 saturated carbocycles. The van der Waals surface area contributed by atoms with E-state index < -0.39 is 0 Å². The lowest BCUT2D eigenvalue weighted by Crippen LogP contribution is -2.32. The van der Waals surface area contributed by atoms with E-state index in [1.54, 1.807) is 6.20 Å². The molecule has 4 rings (SSSR count). The van der Waals surface area contributed by atoms with Crippen molar-refractivity contribution in [3.63, 3.8) is 0 Å². The van der Waals surface area contributed by atoms with Gasteiger partial charge in [-0.05, 0) is 45.0 Å². The molecular weight excluding hydrogens is 354 g/mol. The predicted octanol–water partition coefficient (Wildman–Crippen LogP) is 3.16. The zero-order valence-corrected chi connectivity index (χ0v) is 16.4. The molecule has 3 aromatic rings. The third-order valence-corrected chi connectivity index (χ3v) is 4.98. The lowest BCUT2D eigenvalue weighted by molar-refractivity contribution is 0.286. The molecule has 7 heteroatoms. The molecule has 1 aromatic carbocycles. The monoisotopic (exact) mass is 381 g/mol. The molecular formula is C21H27N5O2. The number of rotatable bonds is 7. The van der Waals surface area contributed by atoms with Gasteiger partial charge in [0.05, 0.1) is 6.61 Å². The van der Waals surface area contributed by atoms with Gasteiger partial charge in [0.25, 0.3) is 0 Å². The van der Waals surface area contributed by atoms with Crippen molar-refractivity contribution in [2.45, 2.75) is 26.2 Å². The number of para-hydroxylation sites is 2. The Balaban J connectivity index is 1.27. The molecule has 0 spiro atoms. The fourth-order valence-corrected chi connectivity index (χ4v) is 3.59. The molecule has 1 saturated heterocycles. The highest BCUT2D eigenvalue weighted by Gasteiger charge is 2.17. The molecule has 7 nitrogen and oxygen atoms in total. The smallest absolute Gasteiger partial charge is 0.228 e. The summed E-state index contributed by atoms with van der Waals surface area (Å²) in [6.45, 7) is 7.63. The van der Waals surface area contributed by atoms with Crippen LogP contribution in [0.2, 0.25) is 0 Å². The van der Waals surface area contributed by atoms with Gasteiger partial charge in [0.1, 0.15) is 5.52 Å². The summed E-state index contributed by atoms with van der Waals surface area (Å²) in [5, 5.41) is 0. The fraction of sp³-hybridized carbons (Fsp3) is 0.476. The molecule has 0 radical (unpaired) electrons. The van der Waals surface area contributed by atoms with Crippen LogP contribution >= 0.6 is 0 Å². The maximum Gasteiger partial charge on any atom is 0.228 e. The van der Waals surface area contributed by atoms with Crippen LogP contribution in [0.3, 0.4) is 0 Å².